The molecule has 0 radical (unpaired) electrons. The number of rotatable bonds is 3. The largest absolute Gasteiger partial charge is 0.353 e. The standard InChI is InChI=1S/C14H23N5/c1-10-9-16-14(18-15)17-13(10)19-8-4-7-12(19)11-5-2-3-6-11/h9,11-12H,2-8,15H2,1H3,(H,16,17,18). The zero-order valence-electron chi connectivity index (χ0n) is 11.6. The second-order valence-corrected chi connectivity index (χ2v) is 5.79. The molecule has 5 nitrogen and oxygen atoms in total. The van der Waals surface area contributed by atoms with E-state index in [0.29, 0.717) is 12.0 Å². The first-order valence-corrected chi connectivity index (χ1v) is 7.36. The van der Waals surface area contributed by atoms with Gasteiger partial charge in [-0.3, -0.25) is 5.43 Å². The summed E-state index contributed by atoms with van der Waals surface area (Å²) < 4.78 is 0. The van der Waals surface area contributed by atoms with Crippen LogP contribution in [-0.4, -0.2) is 22.6 Å². The summed E-state index contributed by atoms with van der Waals surface area (Å²) in [6.07, 6.45) is 10.00. The third-order valence-corrected chi connectivity index (χ3v) is 4.59. The molecule has 1 saturated carbocycles. The van der Waals surface area contributed by atoms with E-state index in [0.717, 1.165) is 23.8 Å². The van der Waals surface area contributed by atoms with Crippen LogP contribution in [0.3, 0.4) is 0 Å². The van der Waals surface area contributed by atoms with Gasteiger partial charge in [0, 0.05) is 24.3 Å². The van der Waals surface area contributed by atoms with Crippen LogP contribution >= 0.6 is 0 Å². The van der Waals surface area contributed by atoms with Gasteiger partial charge in [0.05, 0.1) is 0 Å². The lowest BCUT2D eigenvalue weighted by atomic mass is 9.96. The minimum atomic E-state index is 0.512. The third kappa shape index (κ3) is 2.39. The lowest BCUT2D eigenvalue weighted by Crippen LogP contribution is -2.36. The normalized spacial score (nSPS) is 24.1. The molecule has 1 aromatic rings. The van der Waals surface area contributed by atoms with Gasteiger partial charge in [-0.05, 0) is 38.5 Å². The van der Waals surface area contributed by atoms with E-state index in [2.05, 4.69) is 27.2 Å². The molecule has 1 aliphatic carbocycles. The zero-order chi connectivity index (χ0) is 13.2. The van der Waals surface area contributed by atoms with Crippen molar-refractivity contribution in [2.24, 2.45) is 11.8 Å². The molecule has 19 heavy (non-hydrogen) atoms. The fourth-order valence-corrected chi connectivity index (χ4v) is 3.68. The van der Waals surface area contributed by atoms with Crippen LogP contribution in [-0.2, 0) is 0 Å². The molecule has 5 heteroatoms. The monoisotopic (exact) mass is 261 g/mol. The highest BCUT2D eigenvalue weighted by Crippen LogP contribution is 2.38. The van der Waals surface area contributed by atoms with Crippen molar-refractivity contribution in [1.29, 1.82) is 0 Å². The molecule has 1 aliphatic heterocycles. The second kappa shape index (κ2) is 5.33. The molecule has 1 atom stereocenters. The van der Waals surface area contributed by atoms with Crippen LogP contribution in [0.15, 0.2) is 6.20 Å². The molecule has 104 valence electrons. The predicted molar refractivity (Wildman–Crippen MR) is 76.9 cm³/mol. The molecule has 1 unspecified atom stereocenters. The van der Waals surface area contributed by atoms with Gasteiger partial charge in [0.25, 0.3) is 0 Å². The van der Waals surface area contributed by atoms with Crippen LogP contribution in [0.1, 0.15) is 44.1 Å². The molecule has 3 N–H and O–H groups in total. The smallest absolute Gasteiger partial charge is 0.239 e. The van der Waals surface area contributed by atoms with E-state index in [-0.39, 0.29) is 0 Å². The highest BCUT2D eigenvalue weighted by molar-refractivity contribution is 5.50. The van der Waals surface area contributed by atoms with Gasteiger partial charge in [0.1, 0.15) is 5.82 Å². The Hall–Kier alpha value is -1.36. The minimum Gasteiger partial charge on any atom is -0.353 e. The van der Waals surface area contributed by atoms with Crippen LogP contribution in [0, 0.1) is 12.8 Å². The minimum absolute atomic E-state index is 0.512. The lowest BCUT2D eigenvalue weighted by Gasteiger charge is -2.31. The first-order valence-electron chi connectivity index (χ1n) is 7.36. The van der Waals surface area contributed by atoms with Gasteiger partial charge < -0.3 is 4.90 Å². The van der Waals surface area contributed by atoms with Crippen LogP contribution in [0.5, 0.6) is 0 Å². The van der Waals surface area contributed by atoms with Gasteiger partial charge in [0.15, 0.2) is 0 Å². The van der Waals surface area contributed by atoms with E-state index in [1.165, 1.54) is 38.5 Å². The number of anilines is 2. The molecule has 0 spiro atoms. The van der Waals surface area contributed by atoms with Gasteiger partial charge in [0.2, 0.25) is 5.95 Å². The summed E-state index contributed by atoms with van der Waals surface area (Å²) in [5, 5.41) is 0. The van der Waals surface area contributed by atoms with Crippen molar-refractivity contribution in [3.8, 4) is 0 Å². The number of nitrogens with two attached hydrogens (primary N) is 1. The maximum atomic E-state index is 5.43. The van der Waals surface area contributed by atoms with Crippen molar-refractivity contribution in [2.75, 3.05) is 16.9 Å². The number of hydrazine groups is 1. The molecule has 1 saturated heterocycles. The number of nitrogen functional groups attached to an aromatic ring is 1. The Morgan fingerprint density at radius 1 is 1.26 bits per heavy atom. The summed E-state index contributed by atoms with van der Waals surface area (Å²) in [7, 11) is 0. The quantitative estimate of drug-likeness (QED) is 0.645. The molecule has 3 rings (SSSR count). The topological polar surface area (TPSA) is 67.1 Å². The van der Waals surface area contributed by atoms with E-state index in [1.807, 2.05) is 6.20 Å². The summed E-state index contributed by atoms with van der Waals surface area (Å²) in [4.78, 5) is 11.2. The van der Waals surface area contributed by atoms with Crippen molar-refractivity contribution >= 4 is 11.8 Å². The Bertz CT molecular complexity index is 441. The summed E-state index contributed by atoms with van der Waals surface area (Å²) in [6.45, 7) is 3.20. The fourth-order valence-electron chi connectivity index (χ4n) is 3.68. The van der Waals surface area contributed by atoms with E-state index < -0.39 is 0 Å². The van der Waals surface area contributed by atoms with E-state index in [4.69, 9.17) is 5.84 Å². The van der Waals surface area contributed by atoms with E-state index in [9.17, 15) is 0 Å². The van der Waals surface area contributed by atoms with Crippen molar-refractivity contribution in [1.82, 2.24) is 9.97 Å². The van der Waals surface area contributed by atoms with Gasteiger partial charge in [-0.25, -0.2) is 10.8 Å². The number of nitrogens with zero attached hydrogens (tertiary/aromatic N) is 3. The molecule has 2 heterocycles. The average Bonchev–Trinajstić information content (AvgIpc) is 3.09. The van der Waals surface area contributed by atoms with Crippen LogP contribution in [0.2, 0.25) is 0 Å². The number of nitrogens with one attached hydrogen (secondary N) is 1. The van der Waals surface area contributed by atoms with Crippen LogP contribution in [0.4, 0.5) is 11.8 Å². The Kier molecular flexibility index (Phi) is 3.55. The molecule has 0 aromatic carbocycles. The molecule has 2 aliphatic rings. The molecule has 1 aromatic heterocycles. The zero-order valence-corrected chi connectivity index (χ0v) is 11.6. The third-order valence-electron chi connectivity index (χ3n) is 4.59. The van der Waals surface area contributed by atoms with Gasteiger partial charge in [-0.2, -0.15) is 4.98 Å². The Labute approximate surface area is 114 Å². The van der Waals surface area contributed by atoms with E-state index >= 15 is 0 Å². The molecule has 0 amide bonds. The average molecular weight is 261 g/mol. The lowest BCUT2D eigenvalue weighted by molar-refractivity contribution is 0.429. The maximum absolute atomic E-state index is 5.43. The van der Waals surface area contributed by atoms with Crippen molar-refractivity contribution in [2.45, 2.75) is 51.5 Å². The van der Waals surface area contributed by atoms with Crippen LogP contribution in [0.25, 0.3) is 0 Å². The number of hydrogen-bond donors (Lipinski definition) is 2. The summed E-state index contributed by atoms with van der Waals surface area (Å²) in [6, 6.07) is 0.668. The number of aromatic nitrogens is 2. The maximum Gasteiger partial charge on any atom is 0.239 e. The van der Waals surface area contributed by atoms with Gasteiger partial charge in [-0.1, -0.05) is 12.8 Å². The predicted octanol–water partition coefficient (Wildman–Crippen LogP) is 2.23. The van der Waals surface area contributed by atoms with Gasteiger partial charge >= 0.3 is 0 Å². The number of aryl methyl sites for hydroxylation is 1. The summed E-state index contributed by atoms with van der Waals surface area (Å²) in [5.41, 5.74) is 3.70. The van der Waals surface area contributed by atoms with Gasteiger partial charge in [-0.15, -0.1) is 0 Å². The summed E-state index contributed by atoms with van der Waals surface area (Å²) >= 11 is 0. The molecular weight excluding hydrogens is 238 g/mol. The number of hydrogen-bond acceptors (Lipinski definition) is 5. The first kappa shape index (κ1) is 12.7. The Morgan fingerprint density at radius 3 is 2.79 bits per heavy atom. The molecule has 0 bridgehead atoms. The summed E-state index contributed by atoms with van der Waals surface area (Å²) in [5.74, 6) is 7.86. The molecule has 2 fully saturated rings. The fraction of sp³-hybridized carbons (Fsp3) is 0.714. The Balaban J connectivity index is 1.87. The SMILES string of the molecule is Cc1cnc(NN)nc1N1CCCC1C1CCCC1. The first-order chi connectivity index (χ1) is 9.29. The second-order valence-electron chi connectivity index (χ2n) is 5.79. The van der Waals surface area contributed by atoms with Crippen molar-refractivity contribution in [3.63, 3.8) is 0 Å². The Morgan fingerprint density at radius 2 is 2.05 bits per heavy atom. The van der Waals surface area contributed by atoms with E-state index in [1.54, 1.807) is 0 Å². The van der Waals surface area contributed by atoms with Crippen molar-refractivity contribution < 1.29 is 0 Å². The van der Waals surface area contributed by atoms with Crippen molar-refractivity contribution in [3.05, 3.63) is 11.8 Å². The van der Waals surface area contributed by atoms with Crippen LogP contribution < -0.4 is 16.2 Å². The highest BCUT2D eigenvalue weighted by Gasteiger charge is 2.34. The highest BCUT2D eigenvalue weighted by atomic mass is 15.3. The molecular formula is C14H23N5.